The highest BCUT2D eigenvalue weighted by Crippen LogP contribution is 2.72. The van der Waals surface area contributed by atoms with Gasteiger partial charge in [0.15, 0.2) is 0 Å². The Labute approximate surface area is 112 Å². The van der Waals surface area contributed by atoms with Crippen molar-refractivity contribution in [1.82, 2.24) is 0 Å². The number of hydrogen-bond acceptors (Lipinski definition) is 3. The third kappa shape index (κ3) is 1.18. The third-order valence-electron chi connectivity index (χ3n) is 6.50. The number of Topliss-reactive ketones (excluding diaryl/α,β-unsaturated/α-hetero) is 2. The van der Waals surface area contributed by atoms with Gasteiger partial charge in [-0.1, -0.05) is 20.8 Å². The highest BCUT2D eigenvalue weighted by Gasteiger charge is 2.75. The summed E-state index contributed by atoms with van der Waals surface area (Å²) in [6, 6.07) is 0. The van der Waals surface area contributed by atoms with Gasteiger partial charge in [0, 0.05) is 23.7 Å². The standard InChI is InChI=1S/C15H20O4/c1-7-9(16)6-10-14(3)4-5-15(10,8(2)13(18)19)12(17)11(7)14/h7-8,10-11H,4-6H2,1-3H3,(H,18,19)/t7?,8-,10+,11+,14+,15+/m1/s1. The van der Waals surface area contributed by atoms with Gasteiger partial charge in [0.2, 0.25) is 0 Å². The summed E-state index contributed by atoms with van der Waals surface area (Å²) in [6.45, 7) is 5.57. The number of rotatable bonds is 2. The van der Waals surface area contributed by atoms with Gasteiger partial charge in [-0.3, -0.25) is 14.4 Å². The molecule has 3 aliphatic carbocycles. The molecule has 0 aromatic carbocycles. The monoisotopic (exact) mass is 264 g/mol. The smallest absolute Gasteiger partial charge is 0.307 e. The van der Waals surface area contributed by atoms with Crippen LogP contribution in [-0.2, 0) is 14.4 Å². The van der Waals surface area contributed by atoms with Gasteiger partial charge in [-0.2, -0.15) is 0 Å². The van der Waals surface area contributed by atoms with E-state index in [1.807, 2.05) is 6.92 Å². The SMILES string of the molecule is CC1C(=O)C[C@H]2[C@]3(C)CC[C@@]2([C@H](C)C(=O)O)C(=O)[C@H]13. The zero-order valence-electron chi connectivity index (χ0n) is 11.6. The zero-order valence-corrected chi connectivity index (χ0v) is 11.6. The Morgan fingerprint density at radius 1 is 1.37 bits per heavy atom. The van der Waals surface area contributed by atoms with Crippen LogP contribution < -0.4 is 0 Å². The van der Waals surface area contributed by atoms with Crippen LogP contribution in [0.5, 0.6) is 0 Å². The van der Waals surface area contributed by atoms with Crippen molar-refractivity contribution < 1.29 is 19.5 Å². The first-order chi connectivity index (χ1) is 8.76. The Morgan fingerprint density at radius 2 is 2.00 bits per heavy atom. The quantitative estimate of drug-likeness (QED) is 0.827. The van der Waals surface area contributed by atoms with Gasteiger partial charge in [0.25, 0.3) is 0 Å². The van der Waals surface area contributed by atoms with Gasteiger partial charge in [0.1, 0.15) is 11.6 Å². The van der Waals surface area contributed by atoms with Crippen LogP contribution in [0.1, 0.15) is 40.0 Å². The summed E-state index contributed by atoms with van der Waals surface area (Å²) < 4.78 is 0. The van der Waals surface area contributed by atoms with Gasteiger partial charge < -0.3 is 5.11 Å². The minimum atomic E-state index is -0.912. The van der Waals surface area contributed by atoms with Crippen LogP contribution in [-0.4, -0.2) is 22.6 Å². The Balaban J connectivity index is 2.16. The first-order valence-electron chi connectivity index (χ1n) is 7.06. The van der Waals surface area contributed by atoms with Crippen molar-refractivity contribution in [3.05, 3.63) is 0 Å². The fourth-order valence-electron chi connectivity index (χ4n) is 5.41. The summed E-state index contributed by atoms with van der Waals surface area (Å²) >= 11 is 0. The summed E-state index contributed by atoms with van der Waals surface area (Å²) in [5, 5.41) is 9.37. The summed E-state index contributed by atoms with van der Waals surface area (Å²) in [7, 11) is 0. The van der Waals surface area contributed by atoms with Crippen molar-refractivity contribution in [1.29, 1.82) is 0 Å². The highest BCUT2D eigenvalue weighted by atomic mass is 16.4. The maximum atomic E-state index is 12.9. The molecule has 3 aliphatic rings. The van der Waals surface area contributed by atoms with E-state index < -0.39 is 17.3 Å². The number of carboxylic acids is 1. The lowest BCUT2D eigenvalue weighted by Crippen LogP contribution is -2.43. The topological polar surface area (TPSA) is 71.4 Å². The Bertz CT molecular complexity index is 496. The second kappa shape index (κ2) is 3.47. The molecule has 3 saturated carbocycles. The van der Waals surface area contributed by atoms with E-state index in [0.29, 0.717) is 12.8 Å². The van der Waals surface area contributed by atoms with Gasteiger partial charge in [-0.15, -0.1) is 0 Å². The average molecular weight is 264 g/mol. The molecule has 3 fully saturated rings. The lowest BCUT2D eigenvalue weighted by Gasteiger charge is -2.40. The largest absolute Gasteiger partial charge is 0.481 e. The Hall–Kier alpha value is -1.19. The molecule has 0 aliphatic heterocycles. The van der Waals surface area contributed by atoms with Crippen LogP contribution in [0, 0.1) is 34.5 Å². The zero-order chi connectivity index (χ0) is 14.2. The summed E-state index contributed by atoms with van der Waals surface area (Å²) in [5.41, 5.74) is -0.945. The molecule has 4 nitrogen and oxygen atoms in total. The van der Waals surface area contributed by atoms with Crippen LogP contribution in [0.25, 0.3) is 0 Å². The van der Waals surface area contributed by atoms with E-state index in [-0.39, 0.29) is 34.7 Å². The summed E-state index contributed by atoms with van der Waals surface area (Å²) in [6.07, 6.45) is 1.90. The predicted molar refractivity (Wildman–Crippen MR) is 67.3 cm³/mol. The number of carbonyl (C=O) groups excluding carboxylic acids is 2. The number of ketones is 2. The fourth-order valence-corrected chi connectivity index (χ4v) is 5.41. The van der Waals surface area contributed by atoms with E-state index >= 15 is 0 Å². The van der Waals surface area contributed by atoms with Gasteiger partial charge in [-0.05, 0) is 24.2 Å². The highest BCUT2D eigenvalue weighted by molar-refractivity contribution is 6.02. The van der Waals surface area contributed by atoms with E-state index in [9.17, 15) is 19.5 Å². The number of aliphatic carboxylic acids is 1. The molecule has 0 saturated heterocycles. The summed E-state index contributed by atoms with van der Waals surface area (Å²) in [5.74, 6) is -1.96. The molecule has 3 rings (SSSR count). The maximum absolute atomic E-state index is 12.9. The van der Waals surface area contributed by atoms with E-state index in [0.717, 1.165) is 6.42 Å². The third-order valence-corrected chi connectivity index (χ3v) is 6.50. The van der Waals surface area contributed by atoms with Crippen molar-refractivity contribution in [2.75, 3.05) is 0 Å². The number of carboxylic acid groups (broad SMARTS) is 1. The Morgan fingerprint density at radius 3 is 2.58 bits per heavy atom. The van der Waals surface area contributed by atoms with E-state index in [4.69, 9.17) is 0 Å². The first-order valence-corrected chi connectivity index (χ1v) is 7.06. The van der Waals surface area contributed by atoms with E-state index in [2.05, 4.69) is 6.92 Å². The van der Waals surface area contributed by atoms with Gasteiger partial charge >= 0.3 is 5.97 Å². The second-order valence-electron chi connectivity index (χ2n) is 6.96. The molecule has 1 N–H and O–H groups in total. The average Bonchev–Trinajstić information content (AvgIpc) is 2.69. The van der Waals surface area contributed by atoms with E-state index in [1.54, 1.807) is 6.92 Å². The van der Waals surface area contributed by atoms with Crippen LogP contribution in [0.3, 0.4) is 0 Å². The van der Waals surface area contributed by atoms with Gasteiger partial charge in [0.05, 0.1) is 5.92 Å². The van der Waals surface area contributed by atoms with Crippen molar-refractivity contribution in [3.63, 3.8) is 0 Å². The molecule has 4 bridgehead atoms. The molecule has 0 aromatic rings. The van der Waals surface area contributed by atoms with Crippen molar-refractivity contribution in [3.8, 4) is 0 Å². The van der Waals surface area contributed by atoms with Crippen LogP contribution >= 0.6 is 0 Å². The minimum absolute atomic E-state index is 0.0551. The molecular weight excluding hydrogens is 244 g/mol. The minimum Gasteiger partial charge on any atom is -0.481 e. The number of hydrogen-bond donors (Lipinski definition) is 1. The number of carbonyl (C=O) groups is 3. The molecule has 1 unspecified atom stereocenters. The van der Waals surface area contributed by atoms with E-state index in [1.165, 1.54) is 0 Å². The molecule has 6 atom stereocenters. The lowest BCUT2D eigenvalue weighted by molar-refractivity contribution is -0.152. The lowest BCUT2D eigenvalue weighted by atomic mass is 9.62. The summed E-state index contributed by atoms with van der Waals surface area (Å²) in [4.78, 5) is 36.4. The molecule has 0 heterocycles. The molecule has 0 radical (unpaired) electrons. The Kier molecular flexibility index (Phi) is 2.34. The normalized spacial score (nSPS) is 49.5. The van der Waals surface area contributed by atoms with Crippen molar-refractivity contribution >= 4 is 17.5 Å². The van der Waals surface area contributed by atoms with Crippen LogP contribution in [0.4, 0.5) is 0 Å². The molecule has 104 valence electrons. The van der Waals surface area contributed by atoms with Crippen molar-refractivity contribution in [2.45, 2.75) is 40.0 Å². The maximum Gasteiger partial charge on any atom is 0.307 e. The molecule has 19 heavy (non-hydrogen) atoms. The molecule has 0 spiro atoms. The van der Waals surface area contributed by atoms with Crippen LogP contribution in [0.15, 0.2) is 0 Å². The predicted octanol–water partition coefficient (Wildman–Crippen LogP) is 1.92. The molecule has 0 amide bonds. The van der Waals surface area contributed by atoms with Crippen molar-refractivity contribution in [2.24, 2.45) is 34.5 Å². The van der Waals surface area contributed by atoms with Crippen LogP contribution in [0.2, 0.25) is 0 Å². The second-order valence-corrected chi connectivity index (χ2v) is 6.96. The fraction of sp³-hybridized carbons (Fsp3) is 0.800. The molecule has 0 aromatic heterocycles. The van der Waals surface area contributed by atoms with Gasteiger partial charge in [-0.25, -0.2) is 0 Å². The first kappa shape index (κ1) is 12.8. The molecular formula is C15H20O4. The molecule has 4 heteroatoms.